The van der Waals surface area contributed by atoms with Gasteiger partial charge in [0.15, 0.2) is 5.13 Å². The largest absolute Gasteiger partial charge is 0.477 e. The first-order valence-corrected chi connectivity index (χ1v) is 7.79. The third kappa shape index (κ3) is 2.61. The fourth-order valence-corrected chi connectivity index (χ4v) is 4.03. The second-order valence-electron chi connectivity index (χ2n) is 5.57. The van der Waals surface area contributed by atoms with Crippen molar-refractivity contribution in [2.75, 3.05) is 4.90 Å². The Balaban J connectivity index is 2.40. The van der Waals surface area contributed by atoms with E-state index in [2.05, 4.69) is 23.7 Å². The highest BCUT2D eigenvalue weighted by atomic mass is 32.1. The molecule has 2 heterocycles. The highest BCUT2D eigenvalue weighted by Gasteiger charge is 2.33. The van der Waals surface area contributed by atoms with E-state index in [-0.39, 0.29) is 5.92 Å². The number of carboxylic acids is 1. The summed E-state index contributed by atoms with van der Waals surface area (Å²) in [5, 5.41) is 10.2. The van der Waals surface area contributed by atoms with Crippen LogP contribution in [-0.4, -0.2) is 28.1 Å². The molecule has 1 aromatic heterocycles. The smallest absolute Gasteiger partial charge is 0.347 e. The summed E-state index contributed by atoms with van der Waals surface area (Å²) < 4.78 is 0. The van der Waals surface area contributed by atoms with Gasteiger partial charge in [0.1, 0.15) is 4.88 Å². The number of aromatic nitrogens is 1. The molecule has 0 aliphatic carbocycles. The van der Waals surface area contributed by atoms with Gasteiger partial charge in [0, 0.05) is 12.1 Å². The van der Waals surface area contributed by atoms with E-state index in [0.29, 0.717) is 17.0 Å². The Kier molecular flexibility index (Phi) is 4.13. The summed E-state index contributed by atoms with van der Waals surface area (Å²) in [6.07, 6.45) is 3.43. The first kappa shape index (κ1) is 14.3. The molecule has 0 bridgehead atoms. The number of rotatable bonds is 4. The molecule has 2 unspecified atom stereocenters. The Morgan fingerprint density at radius 3 is 2.68 bits per heavy atom. The predicted molar refractivity (Wildman–Crippen MR) is 78.4 cm³/mol. The summed E-state index contributed by atoms with van der Waals surface area (Å²) in [4.78, 5) is 18.7. The van der Waals surface area contributed by atoms with Gasteiger partial charge in [0.25, 0.3) is 0 Å². The van der Waals surface area contributed by atoms with Crippen LogP contribution in [0.3, 0.4) is 0 Å². The number of carbonyl (C=O) groups is 1. The van der Waals surface area contributed by atoms with Gasteiger partial charge in [0.05, 0.1) is 5.69 Å². The van der Waals surface area contributed by atoms with Crippen molar-refractivity contribution in [1.29, 1.82) is 0 Å². The first-order valence-electron chi connectivity index (χ1n) is 6.98. The van der Waals surface area contributed by atoms with Gasteiger partial charge in [-0.3, -0.25) is 0 Å². The standard InChI is InChI=1S/C14H22N2O2S/c1-5-10-7-6-9(4)16(10)14-15-11(8(2)3)12(19-14)13(17)18/h8-10H,5-7H2,1-4H3,(H,17,18). The molecule has 106 valence electrons. The van der Waals surface area contributed by atoms with Gasteiger partial charge >= 0.3 is 5.97 Å². The minimum Gasteiger partial charge on any atom is -0.477 e. The van der Waals surface area contributed by atoms with E-state index in [1.54, 1.807) is 0 Å². The van der Waals surface area contributed by atoms with Gasteiger partial charge in [0.2, 0.25) is 0 Å². The van der Waals surface area contributed by atoms with Gasteiger partial charge < -0.3 is 10.0 Å². The molecule has 1 aliphatic rings. The number of nitrogens with zero attached hydrogens (tertiary/aromatic N) is 2. The first-order chi connectivity index (χ1) is 8.95. The predicted octanol–water partition coefficient (Wildman–Crippen LogP) is 3.73. The average molecular weight is 282 g/mol. The van der Waals surface area contributed by atoms with Crippen LogP contribution in [-0.2, 0) is 0 Å². The minimum atomic E-state index is -0.854. The molecule has 5 heteroatoms. The normalized spacial score (nSPS) is 23.3. The Labute approximate surface area is 118 Å². The van der Waals surface area contributed by atoms with E-state index in [1.807, 2.05) is 13.8 Å². The van der Waals surface area contributed by atoms with Crippen LogP contribution in [0, 0.1) is 0 Å². The van der Waals surface area contributed by atoms with Crippen molar-refractivity contribution in [3.8, 4) is 0 Å². The van der Waals surface area contributed by atoms with Crippen LogP contribution >= 0.6 is 11.3 Å². The molecular formula is C14H22N2O2S. The quantitative estimate of drug-likeness (QED) is 0.914. The second kappa shape index (κ2) is 5.49. The third-order valence-electron chi connectivity index (χ3n) is 3.86. The van der Waals surface area contributed by atoms with Crippen LogP contribution in [0.2, 0.25) is 0 Å². The molecule has 19 heavy (non-hydrogen) atoms. The molecule has 0 saturated carbocycles. The van der Waals surface area contributed by atoms with Crippen LogP contribution in [0.4, 0.5) is 5.13 Å². The molecule has 1 fully saturated rings. The zero-order valence-corrected chi connectivity index (χ0v) is 12.8. The molecule has 1 N–H and O–H groups in total. The van der Waals surface area contributed by atoms with Crippen molar-refractivity contribution in [3.63, 3.8) is 0 Å². The monoisotopic (exact) mass is 282 g/mol. The number of carboxylic acid groups (broad SMARTS) is 1. The molecule has 0 amide bonds. The van der Waals surface area contributed by atoms with Gasteiger partial charge in [-0.15, -0.1) is 0 Å². The molecule has 1 aromatic rings. The lowest BCUT2D eigenvalue weighted by Crippen LogP contribution is -2.33. The minimum absolute atomic E-state index is 0.147. The SMILES string of the molecule is CCC1CCC(C)N1c1nc(C(C)C)c(C(=O)O)s1. The number of hydrogen-bond donors (Lipinski definition) is 1. The van der Waals surface area contributed by atoms with Crippen molar-refractivity contribution < 1.29 is 9.90 Å². The second-order valence-corrected chi connectivity index (χ2v) is 6.54. The maximum absolute atomic E-state index is 11.3. The van der Waals surface area contributed by atoms with Crippen LogP contribution < -0.4 is 4.90 Å². The van der Waals surface area contributed by atoms with Gasteiger partial charge in [-0.05, 0) is 32.1 Å². The average Bonchev–Trinajstić information content (AvgIpc) is 2.91. The highest BCUT2D eigenvalue weighted by Crippen LogP contribution is 2.37. The van der Waals surface area contributed by atoms with E-state index in [0.717, 1.165) is 23.7 Å². The zero-order chi connectivity index (χ0) is 14.2. The fourth-order valence-electron chi connectivity index (χ4n) is 2.79. The number of thiazole rings is 1. The van der Waals surface area contributed by atoms with E-state index in [1.165, 1.54) is 17.8 Å². The van der Waals surface area contributed by atoms with Gasteiger partial charge in [-0.25, -0.2) is 9.78 Å². The van der Waals surface area contributed by atoms with E-state index < -0.39 is 5.97 Å². The van der Waals surface area contributed by atoms with Crippen LogP contribution in [0.25, 0.3) is 0 Å². The van der Waals surface area contributed by atoms with E-state index >= 15 is 0 Å². The van der Waals surface area contributed by atoms with Gasteiger partial charge in [-0.1, -0.05) is 32.1 Å². The van der Waals surface area contributed by atoms with Crippen LogP contribution in [0.1, 0.15) is 68.2 Å². The molecule has 1 saturated heterocycles. The summed E-state index contributed by atoms with van der Waals surface area (Å²) in [6.45, 7) is 8.38. The molecule has 2 atom stereocenters. The Morgan fingerprint density at radius 1 is 1.53 bits per heavy atom. The molecule has 1 aliphatic heterocycles. The molecular weight excluding hydrogens is 260 g/mol. The summed E-state index contributed by atoms with van der Waals surface area (Å²) >= 11 is 1.33. The van der Waals surface area contributed by atoms with Crippen molar-refractivity contribution >= 4 is 22.4 Å². The van der Waals surface area contributed by atoms with E-state index in [4.69, 9.17) is 0 Å². The number of hydrogen-bond acceptors (Lipinski definition) is 4. The Hall–Kier alpha value is -1.10. The lowest BCUT2D eigenvalue weighted by molar-refractivity contribution is 0.0700. The van der Waals surface area contributed by atoms with Crippen LogP contribution in [0.5, 0.6) is 0 Å². The highest BCUT2D eigenvalue weighted by molar-refractivity contribution is 7.17. The zero-order valence-electron chi connectivity index (χ0n) is 12.0. The summed E-state index contributed by atoms with van der Waals surface area (Å²) in [5.74, 6) is -0.707. The Bertz CT molecular complexity index is 470. The number of anilines is 1. The molecule has 0 spiro atoms. The van der Waals surface area contributed by atoms with Crippen molar-refractivity contribution in [2.24, 2.45) is 0 Å². The lowest BCUT2D eigenvalue weighted by atomic mass is 10.1. The summed E-state index contributed by atoms with van der Waals surface area (Å²) in [7, 11) is 0. The molecule has 0 aromatic carbocycles. The van der Waals surface area contributed by atoms with Crippen molar-refractivity contribution in [2.45, 2.75) is 65.0 Å². The topological polar surface area (TPSA) is 53.4 Å². The van der Waals surface area contributed by atoms with Crippen molar-refractivity contribution in [1.82, 2.24) is 4.98 Å². The van der Waals surface area contributed by atoms with Crippen LogP contribution in [0.15, 0.2) is 0 Å². The fraction of sp³-hybridized carbons (Fsp3) is 0.714. The maximum atomic E-state index is 11.3. The molecule has 2 rings (SSSR count). The van der Waals surface area contributed by atoms with E-state index in [9.17, 15) is 9.90 Å². The van der Waals surface area contributed by atoms with Crippen molar-refractivity contribution in [3.05, 3.63) is 10.6 Å². The third-order valence-corrected chi connectivity index (χ3v) is 4.93. The Morgan fingerprint density at radius 2 is 2.21 bits per heavy atom. The number of aromatic carboxylic acids is 1. The lowest BCUT2D eigenvalue weighted by Gasteiger charge is -2.27. The molecule has 4 nitrogen and oxygen atoms in total. The van der Waals surface area contributed by atoms with Gasteiger partial charge in [-0.2, -0.15) is 0 Å². The molecule has 0 radical (unpaired) electrons. The summed E-state index contributed by atoms with van der Waals surface area (Å²) in [6, 6.07) is 0.959. The maximum Gasteiger partial charge on any atom is 0.347 e. The summed E-state index contributed by atoms with van der Waals surface area (Å²) in [5.41, 5.74) is 0.724.